The fourth-order valence-electron chi connectivity index (χ4n) is 0.459. The van der Waals surface area contributed by atoms with Crippen LogP contribution in [0.25, 0.3) is 0 Å². The number of halogens is 1. The molecule has 1 amide bonds. The second-order valence-corrected chi connectivity index (χ2v) is 4.13. The lowest BCUT2D eigenvalue weighted by Gasteiger charge is -2.14. The molecule has 0 aromatic carbocycles. The predicted octanol–water partition coefficient (Wildman–Crippen LogP) is 0.0441. The zero-order valence-electron chi connectivity index (χ0n) is 5.42. The van der Waals surface area contributed by atoms with Crippen molar-refractivity contribution < 1.29 is 17.4 Å². The fraction of sp³-hybridized carbons (Fsp3) is 0.250. The highest BCUT2D eigenvalue weighted by atomic mass is 127. The first-order valence-electron chi connectivity index (χ1n) is 2.55. The molecule has 1 aliphatic rings. The van der Waals surface area contributed by atoms with Crippen molar-refractivity contribution in [1.82, 2.24) is 4.72 Å². The first kappa shape index (κ1) is 8.78. The van der Waals surface area contributed by atoms with E-state index < -0.39 is 16.2 Å². The van der Waals surface area contributed by atoms with Crippen molar-refractivity contribution in [1.29, 1.82) is 0 Å². The van der Waals surface area contributed by atoms with E-state index in [4.69, 9.17) is 0 Å². The van der Waals surface area contributed by atoms with Gasteiger partial charge in [-0.15, -0.1) is 0 Å². The molecule has 11 heavy (non-hydrogen) atoms. The Morgan fingerprint density at radius 1 is 1.55 bits per heavy atom. The van der Waals surface area contributed by atoms with Crippen LogP contribution < -0.4 is 4.72 Å². The van der Waals surface area contributed by atoms with Gasteiger partial charge in [0.25, 0.3) is 5.91 Å². The van der Waals surface area contributed by atoms with Crippen LogP contribution in [0.2, 0.25) is 0 Å². The van der Waals surface area contributed by atoms with Gasteiger partial charge in [-0.1, -0.05) is 0 Å². The van der Waals surface area contributed by atoms with Gasteiger partial charge in [0.15, 0.2) is 3.77 Å². The maximum atomic E-state index is 10.8. The summed E-state index contributed by atoms with van der Waals surface area (Å²) in [5.74, 6) is -0.638. The first-order chi connectivity index (χ1) is 4.92. The van der Waals surface area contributed by atoms with Crippen molar-refractivity contribution in [3.63, 3.8) is 0 Å². The quantitative estimate of drug-likeness (QED) is 0.639. The Labute approximate surface area is 77.2 Å². The lowest BCUT2D eigenvalue weighted by Crippen LogP contribution is -2.36. The molecular weight excluding hydrogens is 285 g/mol. The van der Waals surface area contributed by atoms with Gasteiger partial charge in [-0.05, 0) is 6.92 Å². The molecule has 7 heteroatoms. The van der Waals surface area contributed by atoms with Gasteiger partial charge in [0, 0.05) is 22.6 Å². The molecule has 0 aromatic heterocycles. The van der Waals surface area contributed by atoms with Crippen LogP contribution in [0, 0.1) is 0 Å². The van der Waals surface area contributed by atoms with Gasteiger partial charge in [-0.2, -0.15) is 8.42 Å². The van der Waals surface area contributed by atoms with Crippen LogP contribution in [0.1, 0.15) is 6.92 Å². The standard InChI is InChI=1S/C4H4INO4S/c1-2-3(5)10-11(8,9)6-4(2)7/h1H3,(H,6,7). The molecule has 0 aromatic rings. The SMILES string of the molecule is CC1=C(I)OS(=O)(=O)NC1=O. The van der Waals surface area contributed by atoms with E-state index in [2.05, 4.69) is 4.18 Å². The fourth-order valence-corrected chi connectivity index (χ4v) is 2.15. The highest BCUT2D eigenvalue weighted by molar-refractivity contribution is 14.1. The molecule has 1 rings (SSSR count). The third-order valence-electron chi connectivity index (χ3n) is 1.04. The van der Waals surface area contributed by atoms with Crippen LogP contribution in [0.4, 0.5) is 0 Å². The number of nitrogens with one attached hydrogen (secondary N) is 1. The van der Waals surface area contributed by atoms with Gasteiger partial charge in [0.05, 0.1) is 5.57 Å². The predicted molar refractivity (Wildman–Crippen MR) is 44.9 cm³/mol. The number of hydrogen-bond acceptors (Lipinski definition) is 4. The Morgan fingerprint density at radius 2 is 2.09 bits per heavy atom. The van der Waals surface area contributed by atoms with Gasteiger partial charge in [0.2, 0.25) is 0 Å². The number of hydrogen-bond donors (Lipinski definition) is 1. The number of carbonyl (C=O) groups excluding carboxylic acids is 1. The van der Waals surface area contributed by atoms with Crippen molar-refractivity contribution in [2.24, 2.45) is 0 Å². The summed E-state index contributed by atoms with van der Waals surface area (Å²) in [6.45, 7) is 1.48. The van der Waals surface area contributed by atoms with E-state index in [9.17, 15) is 13.2 Å². The Hall–Kier alpha value is -0.310. The molecule has 0 aliphatic carbocycles. The monoisotopic (exact) mass is 289 g/mol. The minimum Gasteiger partial charge on any atom is -0.360 e. The van der Waals surface area contributed by atoms with Gasteiger partial charge >= 0.3 is 10.3 Å². The summed E-state index contributed by atoms with van der Waals surface area (Å²) in [5.41, 5.74) is 0.264. The van der Waals surface area contributed by atoms with Crippen LogP contribution >= 0.6 is 22.6 Å². The number of carbonyl (C=O) groups is 1. The summed E-state index contributed by atoms with van der Waals surface area (Å²) < 4.78 is 27.4. The number of rotatable bonds is 0. The Morgan fingerprint density at radius 3 is 2.55 bits per heavy atom. The maximum Gasteiger partial charge on any atom is 0.410 e. The van der Waals surface area contributed by atoms with Crippen molar-refractivity contribution in [3.8, 4) is 0 Å². The van der Waals surface area contributed by atoms with E-state index in [0.717, 1.165) is 0 Å². The van der Waals surface area contributed by atoms with Crippen LogP contribution in [-0.4, -0.2) is 14.3 Å². The Balaban J connectivity index is 3.14. The summed E-state index contributed by atoms with van der Waals surface area (Å²) in [6, 6.07) is 0. The van der Waals surface area contributed by atoms with Crippen molar-refractivity contribution in [2.75, 3.05) is 0 Å². The van der Waals surface area contributed by atoms with Crippen LogP contribution in [0.15, 0.2) is 9.34 Å². The molecule has 0 atom stereocenters. The van der Waals surface area contributed by atoms with Gasteiger partial charge < -0.3 is 4.18 Å². The molecule has 0 saturated heterocycles. The number of amides is 1. The Bertz CT molecular complexity index is 330. The van der Waals surface area contributed by atoms with Gasteiger partial charge in [0.1, 0.15) is 0 Å². The largest absolute Gasteiger partial charge is 0.410 e. The lowest BCUT2D eigenvalue weighted by atomic mass is 10.3. The normalized spacial score (nSPS) is 22.5. The van der Waals surface area contributed by atoms with E-state index in [0.29, 0.717) is 0 Å². The summed E-state index contributed by atoms with van der Waals surface area (Å²) in [4.78, 5) is 10.8. The molecule has 62 valence electrons. The third kappa shape index (κ3) is 1.83. The molecular formula is C4H4INO4S. The molecule has 0 fully saturated rings. The summed E-state index contributed by atoms with van der Waals surface area (Å²) in [6.07, 6.45) is 0. The van der Waals surface area contributed by atoms with Crippen molar-refractivity contribution in [3.05, 3.63) is 9.34 Å². The zero-order valence-corrected chi connectivity index (χ0v) is 8.39. The molecule has 0 saturated carbocycles. The highest BCUT2D eigenvalue weighted by Crippen LogP contribution is 2.20. The second kappa shape index (κ2) is 2.63. The van der Waals surface area contributed by atoms with Crippen molar-refractivity contribution >= 4 is 38.8 Å². The minimum absolute atomic E-state index is 0.0892. The summed E-state index contributed by atoms with van der Waals surface area (Å²) in [5, 5.41) is 0. The average molecular weight is 289 g/mol. The van der Waals surface area contributed by atoms with Gasteiger partial charge in [-0.3, -0.25) is 4.79 Å². The molecule has 5 nitrogen and oxygen atoms in total. The highest BCUT2D eigenvalue weighted by Gasteiger charge is 2.26. The summed E-state index contributed by atoms with van der Waals surface area (Å²) >= 11 is 1.64. The second-order valence-electron chi connectivity index (χ2n) is 1.87. The van der Waals surface area contributed by atoms with E-state index in [-0.39, 0.29) is 9.34 Å². The molecule has 1 aliphatic heterocycles. The topological polar surface area (TPSA) is 72.5 Å². The summed E-state index contributed by atoms with van der Waals surface area (Å²) in [7, 11) is -3.88. The molecule has 1 heterocycles. The Kier molecular flexibility index (Phi) is 2.10. The minimum atomic E-state index is -3.88. The van der Waals surface area contributed by atoms with Gasteiger partial charge in [-0.25, -0.2) is 4.72 Å². The smallest absolute Gasteiger partial charge is 0.360 e. The van der Waals surface area contributed by atoms with E-state index in [1.165, 1.54) is 6.92 Å². The van der Waals surface area contributed by atoms with Crippen molar-refractivity contribution in [2.45, 2.75) is 6.92 Å². The molecule has 0 radical (unpaired) electrons. The zero-order chi connectivity index (χ0) is 8.65. The third-order valence-corrected chi connectivity index (χ3v) is 3.19. The van der Waals surface area contributed by atoms with E-state index in [1.54, 1.807) is 27.3 Å². The molecule has 0 bridgehead atoms. The molecule has 0 unspecified atom stereocenters. The molecule has 1 N–H and O–H groups in total. The van der Waals surface area contributed by atoms with Crippen LogP contribution in [-0.2, 0) is 19.3 Å². The lowest BCUT2D eigenvalue weighted by molar-refractivity contribution is -0.116. The average Bonchev–Trinajstić information content (AvgIpc) is 1.81. The maximum absolute atomic E-state index is 10.8. The van der Waals surface area contributed by atoms with E-state index in [1.807, 2.05) is 0 Å². The first-order valence-corrected chi connectivity index (χ1v) is 5.04. The van der Waals surface area contributed by atoms with E-state index >= 15 is 0 Å². The van der Waals surface area contributed by atoms with Crippen LogP contribution in [0.3, 0.4) is 0 Å². The molecule has 0 spiro atoms. The van der Waals surface area contributed by atoms with Crippen LogP contribution in [0.5, 0.6) is 0 Å².